The molecule has 1 aromatic heterocycles. The molecule has 0 spiro atoms. The summed E-state index contributed by atoms with van der Waals surface area (Å²) in [5.74, 6) is 0.515. The monoisotopic (exact) mass is 356 g/mol. The smallest absolute Gasteiger partial charge is 0.243 e. The van der Waals surface area contributed by atoms with E-state index in [2.05, 4.69) is 4.98 Å². The lowest BCUT2D eigenvalue weighted by atomic mass is 10.2. The van der Waals surface area contributed by atoms with Crippen LogP contribution in [0.15, 0.2) is 57.8 Å². The summed E-state index contributed by atoms with van der Waals surface area (Å²) < 4.78 is 32.0. The van der Waals surface area contributed by atoms with Crippen molar-refractivity contribution in [3.05, 3.63) is 60.0 Å². The third-order valence-corrected chi connectivity index (χ3v) is 6.02. The van der Waals surface area contributed by atoms with E-state index in [1.54, 1.807) is 30.3 Å². The number of benzene rings is 2. The normalized spacial score (nSPS) is 12.4. The van der Waals surface area contributed by atoms with Crippen molar-refractivity contribution in [3.8, 4) is 0 Å². The first-order valence-corrected chi connectivity index (χ1v) is 9.62. The molecule has 0 unspecified atom stereocenters. The number of para-hydroxylation sites is 2. The Morgan fingerprint density at radius 1 is 1.00 bits per heavy atom. The van der Waals surface area contributed by atoms with Gasteiger partial charge in [0.2, 0.25) is 15.9 Å². The number of hydrogen-bond acceptors (Lipinski definition) is 4. The predicted octanol–water partition coefficient (Wildman–Crippen LogP) is 4.03. The number of rotatable bonds is 6. The summed E-state index contributed by atoms with van der Waals surface area (Å²) in [5.41, 5.74) is 2.42. The molecule has 0 atom stereocenters. The van der Waals surface area contributed by atoms with Crippen molar-refractivity contribution in [2.75, 3.05) is 13.1 Å². The third kappa shape index (κ3) is 3.65. The molecule has 3 aromatic rings. The molecule has 1 heterocycles. The minimum absolute atomic E-state index is 0.301. The molecule has 0 N–H and O–H groups in total. The van der Waals surface area contributed by atoms with E-state index in [0.29, 0.717) is 23.9 Å². The van der Waals surface area contributed by atoms with Crippen LogP contribution in [0.5, 0.6) is 0 Å². The standard InChI is InChI=1S/C19H20N2O3S/c1-3-21(4-2)25(22,23)16-12-9-15(10-13-16)11-14-19-20-17-7-5-6-8-18(17)24-19/h5-14H,3-4H2,1-2H3/b14-11+. The van der Waals surface area contributed by atoms with Crippen molar-refractivity contribution in [2.45, 2.75) is 18.7 Å². The number of hydrogen-bond donors (Lipinski definition) is 0. The molecule has 0 fully saturated rings. The summed E-state index contributed by atoms with van der Waals surface area (Å²) in [6.07, 6.45) is 3.62. The Morgan fingerprint density at radius 2 is 1.68 bits per heavy atom. The molecule has 25 heavy (non-hydrogen) atoms. The summed E-state index contributed by atoms with van der Waals surface area (Å²) in [6.45, 7) is 4.58. The molecule has 2 aromatic carbocycles. The van der Waals surface area contributed by atoms with Crippen molar-refractivity contribution in [1.82, 2.24) is 9.29 Å². The largest absolute Gasteiger partial charge is 0.437 e. The van der Waals surface area contributed by atoms with Gasteiger partial charge in [-0.05, 0) is 35.9 Å². The van der Waals surface area contributed by atoms with E-state index >= 15 is 0 Å². The summed E-state index contributed by atoms with van der Waals surface area (Å²) in [4.78, 5) is 4.68. The molecule has 0 bridgehead atoms. The van der Waals surface area contributed by atoms with Crippen LogP contribution in [0.25, 0.3) is 23.3 Å². The number of nitrogens with zero attached hydrogens (tertiary/aromatic N) is 2. The average molecular weight is 356 g/mol. The second-order valence-corrected chi connectivity index (χ2v) is 7.45. The second kappa shape index (κ2) is 7.21. The molecular formula is C19H20N2O3S. The lowest BCUT2D eigenvalue weighted by molar-refractivity contribution is 0.445. The van der Waals surface area contributed by atoms with Gasteiger partial charge in [0, 0.05) is 19.2 Å². The van der Waals surface area contributed by atoms with E-state index in [0.717, 1.165) is 16.7 Å². The fourth-order valence-electron chi connectivity index (χ4n) is 2.59. The third-order valence-electron chi connectivity index (χ3n) is 3.95. The van der Waals surface area contributed by atoms with Gasteiger partial charge in [0.05, 0.1) is 4.90 Å². The van der Waals surface area contributed by atoms with E-state index in [-0.39, 0.29) is 0 Å². The first kappa shape index (κ1) is 17.4. The van der Waals surface area contributed by atoms with Gasteiger partial charge in [-0.1, -0.05) is 38.1 Å². The van der Waals surface area contributed by atoms with Crippen molar-refractivity contribution in [2.24, 2.45) is 0 Å². The Morgan fingerprint density at radius 3 is 2.32 bits per heavy atom. The highest BCUT2D eigenvalue weighted by atomic mass is 32.2. The van der Waals surface area contributed by atoms with Crippen LogP contribution >= 0.6 is 0 Å². The quantitative estimate of drug-likeness (QED) is 0.669. The zero-order chi connectivity index (χ0) is 17.9. The molecule has 0 saturated carbocycles. The van der Waals surface area contributed by atoms with Crippen LogP contribution in [0.3, 0.4) is 0 Å². The average Bonchev–Trinajstić information content (AvgIpc) is 3.04. The van der Waals surface area contributed by atoms with Crippen molar-refractivity contribution < 1.29 is 12.8 Å². The molecule has 0 saturated heterocycles. The maximum Gasteiger partial charge on any atom is 0.243 e. The van der Waals surface area contributed by atoms with E-state index < -0.39 is 10.0 Å². The molecule has 6 heteroatoms. The van der Waals surface area contributed by atoms with Crippen LogP contribution in [0, 0.1) is 0 Å². The van der Waals surface area contributed by atoms with E-state index in [9.17, 15) is 8.42 Å². The summed E-state index contributed by atoms with van der Waals surface area (Å²) in [5, 5.41) is 0. The van der Waals surface area contributed by atoms with Gasteiger partial charge in [-0.2, -0.15) is 4.31 Å². The lowest BCUT2D eigenvalue weighted by Crippen LogP contribution is -2.30. The highest BCUT2D eigenvalue weighted by Crippen LogP contribution is 2.19. The zero-order valence-corrected chi connectivity index (χ0v) is 15.0. The fraction of sp³-hybridized carbons (Fsp3) is 0.211. The number of fused-ring (bicyclic) bond motifs is 1. The molecule has 0 aliphatic rings. The van der Waals surface area contributed by atoms with Gasteiger partial charge in [-0.25, -0.2) is 13.4 Å². The molecule has 0 aliphatic carbocycles. The highest BCUT2D eigenvalue weighted by molar-refractivity contribution is 7.89. The summed E-state index contributed by atoms with van der Waals surface area (Å²) in [7, 11) is -3.42. The number of aromatic nitrogens is 1. The van der Waals surface area contributed by atoms with Gasteiger partial charge in [0.15, 0.2) is 5.58 Å². The molecule has 130 valence electrons. The van der Waals surface area contributed by atoms with Crippen molar-refractivity contribution >= 4 is 33.3 Å². The van der Waals surface area contributed by atoms with Gasteiger partial charge in [0.1, 0.15) is 5.52 Å². The summed E-state index contributed by atoms with van der Waals surface area (Å²) in [6, 6.07) is 14.4. The minimum atomic E-state index is -3.42. The SMILES string of the molecule is CCN(CC)S(=O)(=O)c1ccc(/C=C/c2nc3ccccc3o2)cc1. The maximum absolute atomic E-state index is 12.5. The Balaban J connectivity index is 1.80. The molecule has 3 rings (SSSR count). The Hall–Kier alpha value is -2.44. The first-order valence-electron chi connectivity index (χ1n) is 8.18. The zero-order valence-electron chi connectivity index (χ0n) is 14.2. The Kier molecular flexibility index (Phi) is 5.01. The predicted molar refractivity (Wildman–Crippen MR) is 99.5 cm³/mol. The van der Waals surface area contributed by atoms with E-state index in [4.69, 9.17) is 4.42 Å². The Labute approximate surface area is 147 Å². The van der Waals surface area contributed by atoms with E-state index in [1.165, 1.54) is 4.31 Å². The fourth-order valence-corrected chi connectivity index (χ4v) is 4.05. The van der Waals surface area contributed by atoms with Crippen LogP contribution in [0.4, 0.5) is 0 Å². The van der Waals surface area contributed by atoms with Crippen LogP contribution in [-0.4, -0.2) is 30.8 Å². The molecule has 0 radical (unpaired) electrons. The van der Waals surface area contributed by atoms with Crippen LogP contribution < -0.4 is 0 Å². The first-order chi connectivity index (χ1) is 12.0. The maximum atomic E-state index is 12.5. The molecular weight excluding hydrogens is 336 g/mol. The molecule has 0 amide bonds. The van der Waals surface area contributed by atoms with Gasteiger partial charge in [-0.3, -0.25) is 0 Å². The van der Waals surface area contributed by atoms with Crippen LogP contribution in [0.1, 0.15) is 25.3 Å². The van der Waals surface area contributed by atoms with E-state index in [1.807, 2.05) is 44.2 Å². The number of oxazole rings is 1. The lowest BCUT2D eigenvalue weighted by Gasteiger charge is -2.18. The Bertz CT molecular complexity index is 952. The van der Waals surface area contributed by atoms with Gasteiger partial charge < -0.3 is 4.42 Å². The molecule has 0 aliphatic heterocycles. The number of sulfonamides is 1. The van der Waals surface area contributed by atoms with Crippen LogP contribution in [0.2, 0.25) is 0 Å². The van der Waals surface area contributed by atoms with Crippen molar-refractivity contribution in [3.63, 3.8) is 0 Å². The topological polar surface area (TPSA) is 63.4 Å². The van der Waals surface area contributed by atoms with Gasteiger partial charge in [-0.15, -0.1) is 0 Å². The van der Waals surface area contributed by atoms with Gasteiger partial charge >= 0.3 is 0 Å². The summed E-state index contributed by atoms with van der Waals surface area (Å²) >= 11 is 0. The molecule has 5 nitrogen and oxygen atoms in total. The van der Waals surface area contributed by atoms with Gasteiger partial charge in [0.25, 0.3) is 0 Å². The minimum Gasteiger partial charge on any atom is -0.437 e. The second-order valence-electron chi connectivity index (χ2n) is 5.51. The highest BCUT2D eigenvalue weighted by Gasteiger charge is 2.20. The van der Waals surface area contributed by atoms with Crippen LogP contribution in [-0.2, 0) is 10.0 Å². The van der Waals surface area contributed by atoms with Crippen molar-refractivity contribution in [1.29, 1.82) is 0 Å².